The van der Waals surface area contributed by atoms with E-state index in [0.717, 1.165) is 31.7 Å². The van der Waals surface area contributed by atoms with Crippen molar-refractivity contribution < 1.29 is 4.79 Å². The quantitative estimate of drug-likeness (QED) is 0.726. The number of hydrogen-bond acceptors (Lipinski definition) is 3. The van der Waals surface area contributed by atoms with Gasteiger partial charge >= 0.3 is 0 Å². The zero-order valence-electron chi connectivity index (χ0n) is 14.6. The largest absolute Gasteiger partial charge is 0.342 e. The van der Waals surface area contributed by atoms with Crippen LogP contribution in [0.5, 0.6) is 0 Å². The Morgan fingerprint density at radius 2 is 1.68 bits per heavy atom. The molecule has 0 saturated heterocycles. The average Bonchev–Trinajstić information content (AvgIpc) is 2.48. The van der Waals surface area contributed by atoms with Crippen molar-refractivity contribution in [3.05, 3.63) is 35.9 Å². The van der Waals surface area contributed by atoms with Crippen molar-refractivity contribution in [3.63, 3.8) is 0 Å². The molecule has 0 fully saturated rings. The highest BCUT2D eigenvalue weighted by molar-refractivity contribution is 5.83. The van der Waals surface area contributed by atoms with Crippen LogP contribution in [0.4, 0.5) is 0 Å². The molecule has 124 valence electrons. The smallest absolute Gasteiger partial charge is 0.244 e. The number of hydrogen-bond donors (Lipinski definition) is 2. The molecular formula is C18H31N3O. The molecule has 0 unspecified atom stereocenters. The minimum atomic E-state index is -0.275. The van der Waals surface area contributed by atoms with E-state index in [1.54, 1.807) is 0 Å². The Labute approximate surface area is 135 Å². The van der Waals surface area contributed by atoms with E-state index in [2.05, 4.69) is 31.4 Å². The van der Waals surface area contributed by atoms with Crippen molar-refractivity contribution >= 4 is 5.91 Å². The lowest BCUT2D eigenvalue weighted by molar-refractivity contribution is -0.133. The Bertz CT molecular complexity index is 435. The summed E-state index contributed by atoms with van der Waals surface area (Å²) in [4.78, 5) is 14.6. The molecule has 0 spiro atoms. The van der Waals surface area contributed by atoms with Gasteiger partial charge in [-0.3, -0.25) is 4.79 Å². The van der Waals surface area contributed by atoms with Crippen LogP contribution in [0.1, 0.15) is 46.2 Å². The fraction of sp³-hybridized carbons (Fsp3) is 0.611. The Hall–Kier alpha value is -1.39. The summed E-state index contributed by atoms with van der Waals surface area (Å²) in [6, 6.07) is 9.68. The summed E-state index contributed by atoms with van der Waals surface area (Å²) in [6.07, 6.45) is 0. The topological polar surface area (TPSA) is 44.4 Å². The molecule has 22 heavy (non-hydrogen) atoms. The second-order valence-electron chi connectivity index (χ2n) is 6.49. The van der Waals surface area contributed by atoms with Gasteiger partial charge in [0.25, 0.3) is 0 Å². The number of carbonyl (C=O) groups is 1. The maximum Gasteiger partial charge on any atom is 0.244 e. The molecule has 0 saturated carbocycles. The summed E-state index contributed by atoms with van der Waals surface area (Å²) in [5, 5.41) is 6.84. The third-order valence-electron chi connectivity index (χ3n) is 3.58. The van der Waals surface area contributed by atoms with Gasteiger partial charge in [0.05, 0.1) is 0 Å². The molecule has 1 amide bonds. The highest BCUT2D eigenvalue weighted by Crippen LogP contribution is 2.15. The molecule has 4 heteroatoms. The Kier molecular flexibility index (Phi) is 7.56. The second kappa shape index (κ2) is 8.91. The van der Waals surface area contributed by atoms with Gasteiger partial charge in [0.15, 0.2) is 0 Å². The first kappa shape index (κ1) is 18.7. The van der Waals surface area contributed by atoms with Crippen molar-refractivity contribution in [2.75, 3.05) is 26.2 Å². The summed E-state index contributed by atoms with van der Waals surface area (Å²) in [5.41, 5.74) is 1.11. The van der Waals surface area contributed by atoms with Gasteiger partial charge in [-0.05, 0) is 40.2 Å². The van der Waals surface area contributed by atoms with Gasteiger partial charge in [0.1, 0.15) is 6.04 Å². The number of rotatable bonds is 8. The number of carbonyl (C=O) groups excluding carboxylic acids is 1. The molecule has 1 aromatic rings. The second-order valence-corrected chi connectivity index (χ2v) is 6.49. The fourth-order valence-electron chi connectivity index (χ4n) is 2.37. The van der Waals surface area contributed by atoms with Gasteiger partial charge in [0, 0.05) is 31.7 Å². The van der Waals surface area contributed by atoms with Gasteiger partial charge in [-0.25, -0.2) is 0 Å². The van der Waals surface area contributed by atoms with Crippen LogP contribution >= 0.6 is 0 Å². The van der Waals surface area contributed by atoms with Crippen LogP contribution < -0.4 is 10.6 Å². The summed E-state index contributed by atoms with van der Waals surface area (Å²) >= 11 is 0. The highest BCUT2D eigenvalue weighted by atomic mass is 16.2. The third-order valence-corrected chi connectivity index (χ3v) is 3.58. The minimum Gasteiger partial charge on any atom is -0.342 e. The van der Waals surface area contributed by atoms with Crippen molar-refractivity contribution in [1.82, 2.24) is 15.5 Å². The van der Waals surface area contributed by atoms with E-state index < -0.39 is 0 Å². The lowest BCUT2D eigenvalue weighted by Crippen LogP contribution is -2.45. The number of nitrogens with zero attached hydrogens (tertiary/aromatic N) is 1. The molecule has 0 aromatic heterocycles. The molecule has 0 radical (unpaired) electrons. The van der Waals surface area contributed by atoms with Crippen molar-refractivity contribution in [2.45, 2.75) is 46.2 Å². The van der Waals surface area contributed by atoms with E-state index in [-0.39, 0.29) is 17.5 Å². The van der Waals surface area contributed by atoms with E-state index >= 15 is 0 Å². The maximum absolute atomic E-state index is 12.7. The van der Waals surface area contributed by atoms with Gasteiger partial charge < -0.3 is 15.5 Å². The summed E-state index contributed by atoms with van der Waals surface area (Å²) in [6.45, 7) is 13.5. The fourth-order valence-corrected chi connectivity index (χ4v) is 2.37. The first-order valence-electron chi connectivity index (χ1n) is 8.21. The predicted molar refractivity (Wildman–Crippen MR) is 92.9 cm³/mol. The van der Waals surface area contributed by atoms with E-state index in [1.165, 1.54) is 0 Å². The minimum absolute atomic E-state index is 0.0901. The van der Waals surface area contributed by atoms with Crippen LogP contribution in [-0.2, 0) is 4.79 Å². The monoisotopic (exact) mass is 305 g/mol. The molecule has 0 aliphatic heterocycles. The number of nitrogens with one attached hydrogen (secondary N) is 2. The average molecular weight is 305 g/mol. The van der Waals surface area contributed by atoms with Crippen LogP contribution in [0, 0.1) is 0 Å². The molecule has 1 atom stereocenters. The van der Waals surface area contributed by atoms with Gasteiger partial charge in [-0.2, -0.15) is 0 Å². The lowest BCUT2D eigenvalue weighted by atomic mass is 10.1. The molecule has 0 aliphatic rings. The SMILES string of the molecule is CCN(CC)C(=O)[C@@H](NCCNC(C)(C)C)c1ccccc1. The molecule has 0 aliphatic carbocycles. The molecule has 1 rings (SSSR count). The molecule has 0 heterocycles. The maximum atomic E-state index is 12.7. The van der Waals surface area contributed by atoms with Crippen LogP contribution in [0.25, 0.3) is 0 Å². The molecule has 1 aromatic carbocycles. The van der Waals surface area contributed by atoms with E-state index in [9.17, 15) is 4.79 Å². The van der Waals surface area contributed by atoms with E-state index in [0.29, 0.717) is 0 Å². The zero-order valence-corrected chi connectivity index (χ0v) is 14.6. The number of likely N-dealkylation sites (N-methyl/N-ethyl adjacent to an activating group) is 1. The summed E-state index contributed by atoms with van der Waals surface area (Å²) in [7, 11) is 0. The van der Waals surface area contributed by atoms with Crippen LogP contribution in [0.2, 0.25) is 0 Å². The third kappa shape index (κ3) is 6.16. The van der Waals surface area contributed by atoms with Crippen molar-refractivity contribution in [1.29, 1.82) is 0 Å². The van der Waals surface area contributed by atoms with Crippen molar-refractivity contribution in [3.8, 4) is 0 Å². The van der Waals surface area contributed by atoms with Gasteiger partial charge in [-0.1, -0.05) is 30.3 Å². The first-order chi connectivity index (χ1) is 10.4. The van der Waals surface area contributed by atoms with Crippen LogP contribution in [-0.4, -0.2) is 42.5 Å². The van der Waals surface area contributed by atoms with E-state index in [4.69, 9.17) is 0 Å². The molecular weight excluding hydrogens is 274 g/mol. The normalized spacial score (nSPS) is 13.0. The van der Waals surface area contributed by atoms with E-state index in [1.807, 2.05) is 49.1 Å². The highest BCUT2D eigenvalue weighted by Gasteiger charge is 2.23. The zero-order chi connectivity index (χ0) is 16.6. The molecule has 2 N–H and O–H groups in total. The Morgan fingerprint density at radius 3 is 2.18 bits per heavy atom. The molecule has 4 nitrogen and oxygen atoms in total. The van der Waals surface area contributed by atoms with Gasteiger partial charge in [0.2, 0.25) is 5.91 Å². The molecule has 0 bridgehead atoms. The predicted octanol–water partition coefficient (Wildman–Crippen LogP) is 2.57. The van der Waals surface area contributed by atoms with Crippen molar-refractivity contribution in [2.24, 2.45) is 0 Å². The Balaban J connectivity index is 2.73. The lowest BCUT2D eigenvalue weighted by Gasteiger charge is -2.27. The summed E-state index contributed by atoms with van der Waals surface area (Å²) < 4.78 is 0. The van der Waals surface area contributed by atoms with Gasteiger partial charge in [-0.15, -0.1) is 0 Å². The van der Waals surface area contributed by atoms with Crippen LogP contribution in [0.3, 0.4) is 0 Å². The standard InChI is InChI=1S/C18H31N3O/c1-6-21(7-2)17(22)16(15-11-9-8-10-12-15)19-13-14-20-18(3,4)5/h8-12,16,19-20H,6-7,13-14H2,1-5H3/t16-/m0/s1. The summed E-state index contributed by atoms with van der Waals surface area (Å²) in [5.74, 6) is 0.145. The Morgan fingerprint density at radius 1 is 1.09 bits per heavy atom. The first-order valence-corrected chi connectivity index (χ1v) is 8.21. The van der Waals surface area contributed by atoms with Crippen LogP contribution in [0.15, 0.2) is 30.3 Å². The number of amides is 1. The number of benzene rings is 1.